The van der Waals surface area contributed by atoms with Crippen LogP contribution in [0, 0.1) is 0 Å². The van der Waals surface area contributed by atoms with E-state index in [0.717, 1.165) is 0 Å². The van der Waals surface area contributed by atoms with Crippen LogP contribution in [0.15, 0.2) is 0 Å². The number of alkyl halides is 1. The second-order valence-corrected chi connectivity index (χ2v) is 4.17. The molecule has 0 aromatic carbocycles. The standard InChI is InChI=1S/C5H8O4.C3H7Br/c1-8-4(6)3-5(7)9-2;1-3(2)4/h3H2,1-2H3;3H,1-2H3. The molecule has 5 heteroatoms. The zero-order chi connectivity index (χ0) is 10.9. The molecule has 78 valence electrons. The van der Waals surface area contributed by atoms with Crippen molar-refractivity contribution in [2.24, 2.45) is 0 Å². The highest BCUT2D eigenvalue weighted by Crippen LogP contribution is 1.89. The molecule has 0 aromatic rings. The molecule has 0 spiro atoms. The number of carbonyl (C=O) groups is 2. The molecule has 0 saturated carbocycles. The molecule has 0 amide bonds. The summed E-state index contributed by atoms with van der Waals surface area (Å²) in [6.07, 6.45) is -0.312. The Morgan fingerprint density at radius 2 is 1.38 bits per heavy atom. The molecule has 0 fully saturated rings. The Hall–Kier alpha value is -0.580. The van der Waals surface area contributed by atoms with E-state index in [1.54, 1.807) is 0 Å². The third-order valence-corrected chi connectivity index (χ3v) is 0.744. The van der Waals surface area contributed by atoms with Crippen LogP contribution in [0.3, 0.4) is 0 Å². The first-order valence-corrected chi connectivity index (χ1v) is 4.63. The van der Waals surface area contributed by atoms with Crippen LogP contribution in [0.2, 0.25) is 0 Å². The maximum atomic E-state index is 10.3. The summed E-state index contributed by atoms with van der Waals surface area (Å²) in [5.41, 5.74) is 0. The van der Waals surface area contributed by atoms with Gasteiger partial charge in [-0.15, -0.1) is 0 Å². The van der Waals surface area contributed by atoms with Crippen molar-refractivity contribution in [1.82, 2.24) is 0 Å². The van der Waals surface area contributed by atoms with Crippen LogP contribution >= 0.6 is 15.9 Å². The summed E-state index contributed by atoms with van der Waals surface area (Å²) >= 11 is 3.27. The summed E-state index contributed by atoms with van der Waals surface area (Å²) in [7, 11) is 2.43. The third kappa shape index (κ3) is 18.4. The lowest BCUT2D eigenvalue weighted by Gasteiger charge is -1.95. The van der Waals surface area contributed by atoms with Crippen LogP contribution in [0.4, 0.5) is 0 Å². The van der Waals surface area contributed by atoms with Crippen LogP contribution in [0.25, 0.3) is 0 Å². The molecule has 0 saturated heterocycles. The summed E-state index contributed by atoms with van der Waals surface area (Å²) < 4.78 is 8.37. The zero-order valence-electron chi connectivity index (χ0n) is 8.30. The van der Waals surface area contributed by atoms with Gasteiger partial charge in [0.2, 0.25) is 0 Å². The summed E-state index contributed by atoms with van der Waals surface area (Å²) in [4.78, 5) is 21.2. The van der Waals surface area contributed by atoms with Crippen molar-refractivity contribution in [3.63, 3.8) is 0 Å². The quantitative estimate of drug-likeness (QED) is 0.426. The van der Waals surface area contributed by atoms with Gasteiger partial charge in [0.15, 0.2) is 0 Å². The van der Waals surface area contributed by atoms with Gasteiger partial charge < -0.3 is 9.47 Å². The van der Waals surface area contributed by atoms with Gasteiger partial charge in [0, 0.05) is 4.83 Å². The molecule has 4 nitrogen and oxygen atoms in total. The number of esters is 2. The molecule has 0 aromatic heterocycles. The van der Waals surface area contributed by atoms with Crippen molar-refractivity contribution >= 4 is 27.9 Å². The maximum absolute atomic E-state index is 10.3. The predicted molar refractivity (Wildman–Crippen MR) is 52.7 cm³/mol. The van der Waals surface area contributed by atoms with Gasteiger partial charge in [0.05, 0.1) is 14.2 Å². The van der Waals surface area contributed by atoms with Crippen LogP contribution < -0.4 is 0 Å². The van der Waals surface area contributed by atoms with Crippen molar-refractivity contribution in [3.8, 4) is 0 Å². The lowest BCUT2D eigenvalue weighted by molar-refractivity contribution is -0.151. The van der Waals surface area contributed by atoms with Gasteiger partial charge in [0.25, 0.3) is 0 Å². The Morgan fingerprint density at radius 1 is 1.15 bits per heavy atom. The monoisotopic (exact) mass is 254 g/mol. The number of hydrogen-bond acceptors (Lipinski definition) is 4. The number of methoxy groups -OCH3 is 2. The van der Waals surface area contributed by atoms with Crippen molar-refractivity contribution in [1.29, 1.82) is 0 Å². The number of carbonyl (C=O) groups excluding carboxylic acids is 2. The second kappa shape index (κ2) is 9.51. The third-order valence-electron chi connectivity index (χ3n) is 0.744. The van der Waals surface area contributed by atoms with E-state index in [2.05, 4.69) is 39.3 Å². The van der Waals surface area contributed by atoms with Gasteiger partial charge in [-0.1, -0.05) is 29.8 Å². The average Bonchev–Trinajstić information content (AvgIpc) is 2.03. The van der Waals surface area contributed by atoms with E-state index in [0.29, 0.717) is 4.83 Å². The van der Waals surface area contributed by atoms with Crippen LogP contribution in [-0.4, -0.2) is 31.0 Å². The van der Waals surface area contributed by atoms with Gasteiger partial charge in [0.1, 0.15) is 6.42 Å². The van der Waals surface area contributed by atoms with E-state index in [4.69, 9.17) is 0 Å². The predicted octanol–water partition coefficient (Wildman–Crippen LogP) is 1.51. The molecule has 0 heterocycles. The molecule has 0 atom stereocenters. The molecule has 0 N–H and O–H groups in total. The van der Waals surface area contributed by atoms with Gasteiger partial charge >= 0.3 is 11.9 Å². The van der Waals surface area contributed by atoms with E-state index >= 15 is 0 Å². The molecule has 0 aliphatic rings. The van der Waals surface area contributed by atoms with Crippen LogP contribution in [0.5, 0.6) is 0 Å². The van der Waals surface area contributed by atoms with Gasteiger partial charge in [-0.3, -0.25) is 9.59 Å². The van der Waals surface area contributed by atoms with E-state index in [1.807, 2.05) is 0 Å². The molecular formula is C8H15BrO4. The molecule has 0 aliphatic heterocycles. The van der Waals surface area contributed by atoms with Gasteiger partial charge in [-0.2, -0.15) is 0 Å². The molecule has 0 aliphatic carbocycles. The van der Waals surface area contributed by atoms with Crippen molar-refractivity contribution in [2.75, 3.05) is 14.2 Å². The summed E-state index contributed by atoms with van der Waals surface area (Å²) in [6, 6.07) is 0. The fraction of sp³-hybridized carbons (Fsp3) is 0.750. The Labute approximate surface area is 86.7 Å². The summed E-state index contributed by atoms with van der Waals surface area (Å²) in [5, 5.41) is 0. The minimum atomic E-state index is -0.582. The summed E-state index contributed by atoms with van der Waals surface area (Å²) in [5.74, 6) is -1.16. The van der Waals surface area contributed by atoms with Gasteiger partial charge in [-0.05, 0) is 0 Å². The van der Waals surface area contributed by atoms with E-state index in [-0.39, 0.29) is 6.42 Å². The van der Waals surface area contributed by atoms with Gasteiger partial charge in [-0.25, -0.2) is 0 Å². The molecule has 0 rings (SSSR count). The fourth-order valence-corrected chi connectivity index (χ4v) is 0.262. The largest absolute Gasteiger partial charge is 0.469 e. The SMILES string of the molecule is CC(C)Br.COC(=O)CC(=O)OC. The van der Waals surface area contributed by atoms with E-state index in [1.165, 1.54) is 14.2 Å². The molecular weight excluding hydrogens is 240 g/mol. The highest BCUT2D eigenvalue weighted by molar-refractivity contribution is 9.09. The van der Waals surface area contributed by atoms with Crippen molar-refractivity contribution in [3.05, 3.63) is 0 Å². The first-order chi connectivity index (χ1) is 5.93. The maximum Gasteiger partial charge on any atom is 0.316 e. The topological polar surface area (TPSA) is 52.6 Å². The van der Waals surface area contributed by atoms with Crippen LogP contribution in [0.1, 0.15) is 20.3 Å². The van der Waals surface area contributed by atoms with Crippen LogP contribution in [-0.2, 0) is 19.1 Å². The number of rotatable bonds is 2. The van der Waals surface area contributed by atoms with E-state index < -0.39 is 11.9 Å². The minimum absolute atomic E-state index is 0.312. The summed E-state index contributed by atoms with van der Waals surface area (Å²) in [6.45, 7) is 4.17. The van der Waals surface area contributed by atoms with Crippen molar-refractivity contribution in [2.45, 2.75) is 25.1 Å². The highest BCUT2D eigenvalue weighted by atomic mass is 79.9. The first kappa shape index (κ1) is 14.9. The number of hydrogen-bond donors (Lipinski definition) is 0. The Morgan fingerprint density at radius 3 is 1.54 bits per heavy atom. The lowest BCUT2D eigenvalue weighted by atomic mass is 10.4. The number of halogens is 1. The fourth-order valence-electron chi connectivity index (χ4n) is 0.262. The Bertz CT molecular complexity index is 139. The first-order valence-electron chi connectivity index (χ1n) is 3.71. The van der Waals surface area contributed by atoms with E-state index in [9.17, 15) is 9.59 Å². The van der Waals surface area contributed by atoms with Crippen molar-refractivity contribution < 1.29 is 19.1 Å². The Kier molecular flexibility index (Phi) is 10.9. The average molecular weight is 255 g/mol. The highest BCUT2D eigenvalue weighted by Gasteiger charge is 2.07. The number of ether oxygens (including phenoxy) is 2. The molecule has 0 unspecified atom stereocenters. The normalized spacial score (nSPS) is 8.46. The zero-order valence-corrected chi connectivity index (χ0v) is 9.88. The Balaban J connectivity index is 0. The molecule has 0 bridgehead atoms. The molecule has 0 radical (unpaired) electrons. The molecule has 13 heavy (non-hydrogen) atoms. The minimum Gasteiger partial charge on any atom is -0.469 e. The lowest BCUT2D eigenvalue weighted by Crippen LogP contribution is -2.09. The second-order valence-electron chi connectivity index (χ2n) is 2.34. The smallest absolute Gasteiger partial charge is 0.316 e.